The Kier molecular flexibility index (Phi) is 21.9. The van der Waals surface area contributed by atoms with Gasteiger partial charge < -0.3 is 27.9 Å². The molecular formula is C94H58N14O3Pt3. The number of rotatable bonds is 15. The van der Waals surface area contributed by atoms with Crippen molar-refractivity contribution in [2.24, 2.45) is 0 Å². The van der Waals surface area contributed by atoms with E-state index in [0.29, 0.717) is 34.5 Å². The third-order valence-corrected chi connectivity index (χ3v) is 18.8. The second-order valence-electron chi connectivity index (χ2n) is 25.6. The van der Waals surface area contributed by atoms with Gasteiger partial charge in [-0.15, -0.1) is 107 Å². The summed E-state index contributed by atoms with van der Waals surface area (Å²) in [5.74, 6) is 6.02. The first kappa shape index (κ1) is 74.5. The predicted octanol–water partition coefficient (Wildman–Crippen LogP) is 21.1. The summed E-state index contributed by atoms with van der Waals surface area (Å²) in [5.41, 5.74) is 14.2. The predicted molar refractivity (Wildman–Crippen MR) is 432 cm³/mol. The molecule has 0 spiro atoms. The minimum Gasteiger partial charge on any atom is -0.509 e. The maximum atomic E-state index is 6.27. The number of ether oxygens (including phenoxy) is 3. The minimum atomic E-state index is 0. The Morgan fingerprint density at radius 3 is 0.939 bits per heavy atom. The van der Waals surface area contributed by atoms with Gasteiger partial charge >= 0.3 is 63.2 Å². The summed E-state index contributed by atoms with van der Waals surface area (Å²) < 4.78 is 30.7. The van der Waals surface area contributed by atoms with Crippen molar-refractivity contribution in [3.63, 3.8) is 0 Å². The maximum Gasteiger partial charge on any atom is 2.00 e. The normalized spacial score (nSPS) is 10.9. The molecule has 0 unspecified atom stereocenters. The Balaban J connectivity index is 0.000000127. The van der Waals surface area contributed by atoms with Crippen LogP contribution in [0.5, 0.6) is 34.5 Å². The van der Waals surface area contributed by atoms with E-state index < -0.39 is 0 Å². The summed E-state index contributed by atoms with van der Waals surface area (Å²) >= 11 is 0. The second kappa shape index (κ2) is 33.6. The molecule has 0 aliphatic carbocycles. The van der Waals surface area contributed by atoms with Crippen LogP contribution in [0.3, 0.4) is 0 Å². The molecule has 0 radical (unpaired) electrons. The monoisotopic (exact) mass is 2020 g/mol. The van der Waals surface area contributed by atoms with Gasteiger partial charge in [0.2, 0.25) is 0 Å². The van der Waals surface area contributed by atoms with E-state index in [0.717, 1.165) is 134 Å². The molecule has 0 fully saturated rings. The number of hydrogen-bond donors (Lipinski definition) is 0. The summed E-state index contributed by atoms with van der Waals surface area (Å²) in [6, 6.07) is 116. The van der Waals surface area contributed by atoms with Crippen LogP contribution in [0.25, 0.3) is 134 Å². The molecule has 0 aliphatic rings. The van der Waals surface area contributed by atoms with Gasteiger partial charge in [-0.05, 0) is 130 Å². The number of fused-ring (bicyclic) bond motifs is 9. The molecule has 0 aliphatic heterocycles. The van der Waals surface area contributed by atoms with Gasteiger partial charge in [-0.3, -0.25) is 24.0 Å². The summed E-state index contributed by atoms with van der Waals surface area (Å²) in [5, 5.41) is 20.2. The number of nitrogens with zero attached hydrogens (tertiary/aromatic N) is 14. The fraction of sp³-hybridized carbons (Fsp3) is 0. The molecule has 21 rings (SSSR count). The molecule has 0 saturated carbocycles. The van der Waals surface area contributed by atoms with E-state index in [1.54, 1.807) is 55.8 Å². The zero-order chi connectivity index (χ0) is 73.8. The molecule has 11 heterocycles. The molecule has 0 atom stereocenters. The third-order valence-electron chi connectivity index (χ3n) is 18.8. The van der Waals surface area contributed by atoms with Crippen LogP contribution in [0.4, 0.5) is 0 Å². The Labute approximate surface area is 697 Å². The number of pyridine rings is 5. The molecular weight excluding hydrogens is 1960 g/mol. The topological polar surface area (TPSA) is 160 Å². The van der Waals surface area contributed by atoms with Crippen LogP contribution >= 0.6 is 0 Å². The Bertz CT molecular complexity index is 6240. The van der Waals surface area contributed by atoms with Crippen molar-refractivity contribution >= 4 is 65.4 Å². The molecule has 552 valence electrons. The Morgan fingerprint density at radius 2 is 0.570 bits per heavy atom. The van der Waals surface area contributed by atoms with Gasteiger partial charge in [0.15, 0.2) is 0 Å². The van der Waals surface area contributed by atoms with Crippen LogP contribution in [0.15, 0.2) is 353 Å². The minimum absolute atomic E-state index is 0. The summed E-state index contributed by atoms with van der Waals surface area (Å²) in [6.07, 6.45) is 17.8. The number of benzene rings is 10. The van der Waals surface area contributed by atoms with Crippen molar-refractivity contribution in [3.05, 3.63) is 390 Å². The smallest absolute Gasteiger partial charge is 0.509 e. The fourth-order valence-corrected chi connectivity index (χ4v) is 14.0. The molecule has 20 heteroatoms. The van der Waals surface area contributed by atoms with E-state index in [-0.39, 0.29) is 63.2 Å². The van der Waals surface area contributed by atoms with Crippen LogP contribution in [-0.4, -0.2) is 68.0 Å². The first-order valence-corrected chi connectivity index (χ1v) is 35.8. The molecule has 0 bridgehead atoms. The van der Waals surface area contributed by atoms with Crippen LogP contribution in [-0.2, 0) is 63.2 Å². The number of para-hydroxylation sites is 3. The van der Waals surface area contributed by atoms with Gasteiger partial charge in [-0.2, -0.15) is 51.7 Å². The first-order valence-electron chi connectivity index (χ1n) is 35.8. The summed E-state index contributed by atoms with van der Waals surface area (Å²) in [6.45, 7) is 0. The fourth-order valence-electron chi connectivity index (χ4n) is 14.0. The van der Waals surface area contributed by atoms with Crippen molar-refractivity contribution in [3.8, 4) is 103 Å². The van der Waals surface area contributed by atoms with E-state index in [9.17, 15) is 0 Å². The number of hydrogen-bond acceptors (Lipinski definition) is 11. The molecule has 10 aromatic carbocycles. The van der Waals surface area contributed by atoms with Gasteiger partial charge in [-0.25, -0.2) is 15.0 Å². The van der Waals surface area contributed by atoms with Crippen molar-refractivity contribution < 1.29 is 77.4 Å². The SMILES string of the molecule is [Pt+2].[Pt+2].[Pt+2].[c-]1c(Oc2[c-]c3c(cc2)c2ccccc2n3-c2ccccn2)cccc1-n1nccc1-c1ccccc1.[c-]1c(Oc2[c-]c3c(cc2)c2ccccc2n3-c2ccccn2)cccc1-n1nccc1-c1cccnc1.[c-]1c(Oc2[c-]c3c(cc2)c2ccccc2n3-c2ccccn2)cccc1-n1nccc1-c1ccncc1. The van der Waals surface area contributed by atoms with Crippen LogP contribution in [0, 0.1) is 36.4 Å². The van der Waals surface area contributed by atoms with E-state index in [1.807, 2.05) is 245 Å². The average molecular weight is 2020 g/mol. The van der Waals surface area contributed by atoms with Gasteiger partial charge in [0.1, 0.15) is 17.5 Å². The third kappa shape index (κ3) is 14.9. The summed E-state index contributed by atoms with van der Waals surface area (Å²) in [4.78, 5) is 22.1. The molecule has 114 heavy (non-hydrogen) atoms. The van der Waals surface area contributed by atoms with Crippen molar-refractivity contribution in [1.82, 2.24) is 68.0 Å². The largest absolute Gasteiger partial charge is 2.00 e. The second-order valence-corrected chi connectivity index (χ2v) is 25.6. The van der Waals surface area contributed by atoms with Gasteiger partial charge in [-0.1, -0.05) is 120 Å². The van der Waals surface area contributed by atoms with E-state index in [4.69, 9.17) is 14.2 Å². The van der Waals surface area contributed by atoms with Crippen LogP contribution in [0.1, 0.15) is 0 Å². The first-order chi connectivity index (χ1) is 55.0. The molecule has 0 N–H and O–H groups in total. The van der Waals surface area contributed by atoms with E-state index in [2.05, 4.69) is 157 Å². The van der Waals surface area contributed by atoms with Crippen molar-refractivity contribution in [1.29, 1.82) is 0 Å². The van der Waals surface area contributed by atoms with Crippen molar-refractivity contribution in [2.45, 2.75) is 0 Å². The quantitative estimate of drug-likeness (QED) is 0.0899. The van der Waals surface area contributed by atoms with Crippen LogP contribution < -0.4 is 14.2 Å². The zero-order valence-corrected chi connectivity index (χ0v) is 66.7. The molecule has 11 aromatic heterocycles. The average Bonchev–Trinajstić information content (AvgIpc) is 1.63. The van der Waals surface area contributed by atoms with Gasteiger partial charge in [0.25, 0.3) is 0 Å². The van der Waals surface area contributed by atoms with Gasteiger partial charge in [0, 0.05) is 130 Å². The Morgan fingerprint density at radius 1 is 0.228 bits per heavy atom. The number of aromatic nitrogens is 14. The maximum absolute atomic E-state index is 6.27. The summed E-state index contributed by atoms with van der Waals surface area (Å²) in [7, 11) is 0. The molecule has 0 saturated heterocycles. The standard InChI is InChI=1S/C32H20N4O.2C31H19N5O.3Pt/c1-2-9-23(10-3-1)29-18-20-34-36(29)24-11-8-12-25(21-24)37-26-16-17-28-27-13-4-5-14-30(27)35(31(28)22-26)32-15-6-7-19-33-32;1-2-11-29-26(10-1)27-14-13-25(20-30(27)35(29)31-12-3-4-17-33-31)37-24-9-5-8-23(19-24)36-28(15-18-34-36)22-7-6-16-32-21-22;1-2-9-29-26(8-1)27-12-11-25(21-30(27)35(29)31-10-3-4-16-33-31)37-24-7-5-6-23(20-24)36-28(15-19-34-36)22-13-17-32-18-14-22;;;/h1-20H;1-18,21H;1-19H;;;/q3*-2;3*+2. The Hall–Kier alpha value is -13.6. The van der Waals surface area contributed by atoms with Gasteiger partial charge in [0.05, 0.1) is 17.1 Å². The molecule has 0 amide bonds. The van der Waals surface area contributed by atoms with E-state index in [1.165, 1.54) is 0 Å². The van der Waals surface area contributed by atoms with Crippen molar-refractivity contribution in [2.75, 3.05) is 0 Å². The molecule has 21 aromatic rings. The van der Waals surface area contributed by atoms with Crippen LogP contribution in [0.2, 0.25) is 0 Å². The van der Waals surface area contributed by atoms with E-state index >= 15 is 0 Å². The zero-order valence-electron chi connectivity index (χ0n) is 59.9. The molecule has 17 nitrogen and oxygen atoms in total.